The monoisotopic (exact) mass is 259 g/mol. The van der Waals surface area contributed by atoms with Gasteiger partial charge in [-0.1, -0.05) is 44.2 Å². The Morgan fingerprint density at radius 1 is 1.00 bits per heavy atom. The van der Waals surface area contributed by atoms with E-state index >= 15 is 0 Å². The maximum atomic E-state index is 6.11. The Bertz CT molecular complexity index is 370. The normalized spacial score (nSPS) is 21.2. The quantitative estimate of drug-likeness (QED) is 0.824. The number of nitrogens with two attached hydrogens (primary N) is 1. The van der Waals surface area contributed by atoms with Gasteiger partial charge in [-0.25, -0.2) is 0 Å². The van der Waals surface area contributed by atoms with Crippen molar-refractivity contribution in [3.63, 3.8) is 0 Å². The molecule has 1 nitrogen and oxygen atoms in total. The van der Waals surface area contributed by atoms with Gasteiger partial charge in [-0.15, -0.1) is 0 Å². The molecule has 0 heterocycles. The lowest BCUT2D eigenvalue weighted by atomic mass is 9.63. The van der Waals surface area contributed by atoms with Gasteiger partial charge >= 0.3 is 0 Å². The highest BCUT2D eigenvalue weighted by Gasteiger charge is 2.36. The molecule has 0 unspecified atom stereocenters. The van der Waals surface area contributed by atoms with E-state index in [-0.39, 0.29) is 0 Å². The van der Waals surface area contributed by atoms with Gasteiger partial charge in [0.2, 0.25) is 0 Å². The summed E-state index contributed by atoms with van der Waals surface area (Å²) in [6, 6.07) is 10.8. The van der Waals surface area contributed by atoms with Gasteiger partial charge in [0.1, 0.15) is 0 Å². The Labute approximate surface area is 118 Å². The van der Waals surface area contributed by atoms with Crippen molar-refractivity contribution in [2.24, 2.45) is 16.6 Å². The van der Waals surface area contributed by atoms with Gasteiger partial charge in [0.05, 0.1) is 0 Å². The van der Waals surface area contributed by atoms with E-state index < -0.39 is 0 Å². The number of hydrogen-bond donors (Lipinski definition) is 1. The number of hydrogen-bond acceptors (Lipinski definition) is 1. The molecule has 0 radical (unpaired) electrons. The zero-order valence-corrected chi connectivity index (χ0v) is 12.6. The molecular weight excluding hydrogens is 230 g/mol. The van der Waals surface area contributed by atoms with Crippen LogP contribution in [0.25, 0.3) is 0 Å². The molecule has 1 aliphatic rings. The van der Waals surface area contributed by atoms with Crippen LogP contribution in [0.15, 0.2) is 30.3 Å². The van der Waals surface area contributed by atoms with Crippen molar-refractivity contribution in [1.29, 1.82) is 0 Å². The topological polar surface area (TPSA) is 26.0 Å². The summed E-state index contributed by atoms with van der Waals surface area (Å²) in [7, 11) is 0. The summed E-state index contributed by atoms with van der Waals surface area (Å²) in [5.41, 5.74) is 8.54. The van der Waals surface area contributed by atoms with Gasteiger partial charge < -0.3 is 5.73 Å². The molecular formula is C18H29N. The summed E-state index contributed by atoms with van der Waals surface area (Å²) in [6.45, 7) is 5.67. The lowest BCUT2D eigenvalue weighted by molar-refractivity contribution is 0.0975. The summed E-state index contributed by atoms with van der Waals surface area (Å²) in [4.78, 5) is 0. The fourth-order valence-electron chi connectivity index (χ4n) is 3.33. The molecule has 1 aromatic rings. The van der Waals surface area contributed by atoms with E-state index in [1.807, 2.05) is 0 Å². The largest absolute Gasteiger partial charge is 0.330 e. The Hall–Kier alpha value is -0.820. The van der Waals surface area contributed by atoms with Crippen LogP contribution >= 0.6 is 0 Å². The number of aryl methyl sites for hydroxylation is 1. The summed E-state index contributed by atoms with van der Waals surface area (Å²) in [5, 5.41) is 0. The predicted molar refractivity (Wildman–Crippen MR) is 83.1 cm³/mol. The molecule has 0 aliphatic heterocycles. The highest BCUT2D eigenvalue weighted by Crippen LogP contribution is 2.46. The first kappa shape index (κ1) is 14.6. The summed E-state index contributed by atoms with van der Waals surface area (Å²) in [5.74, 6) is 0. The van der Waals surface area contributed by atoms with Gasteiger partial charge in [-0.05, 0) is 67.9 Å². The average molecular weight is 259 g/mol. The molecule has 0 saturated heterocycles. The van der Waals surface area contributed by atoms with Crippen LogP contribution in [0, 0.1) is 10.8 Å². The Balaban J connectivity index is 1.83. The SMILES string of the molecule is CC1(C)CCC(CN)(CCCc2ccccc2)CC1. The molecule has 1 fully saturated rings. The maximum absolute atomic E-state index is 6.11. The second-order valence-electron chi connectivity index (χ2n) is 7.21. The maximum Gasteiger partial charge on any atom is -0.00205 e. The van der Waals surface area contributed by atoms with E-state index in [0.29, 0.717) is 10.8 Å². The smallest absolute Gasteiger partial charge is 0.00205 e. The fraction of sp³-hybridized carbons (Fsp3) is 0.667. The minimum Gasteiger partial charge on any atom is -0.330 e. The van der Waals surface area contributed by atoms with Crippen LogP contribution in [0.4, 0.5) is 0 Å². The summed E-state index contributed by atoms with van der Waals surface area (Å²) in [6.07, 6.45) is 9.11. The van der Waals surface area contributed by atoms with Gasteiger partial charge in [-0.3, -0.25) is 0 Å². The first-order chi connectivity index (χ1) is 9.05. The third-order valence-corrected chi connectivity index (χ3v) is 5.11. The zero-order valence-electron chi connectivity index (χ0n) is 12.6. The number of benzene rings is 1. The Morgan fingerprint density at radius 3 is 2.21 bits per heavy atom. The zero-order chi connectivity index (χ0) is 13.8. The molecule has 0 spiro atoms. The third-order valence-electron chi connectivity index (χ3n) is 5.11. The second kappa shape index (κ2) is 6.09. The van der Waals surface area contributed by atoms with E-state index in [9.17, 15) is 0 Å². The van der Waals surface area contributed by atoms with E-state index in [1.54, 1.807) is 0 Å². The Morgan fingerprint density at radius 2 is 1.63 bits per heavy atom. The van der Waals surface area contributed by atoms with Gasteiger partial charge in [0.25, 0.3) is 0 Å². The molecule has 1 saturated carbocycles. The highest BCUT2D eigenvalue weighted by molar-refractivity contribution is 5.14. The van der Waals surface area contributed by atoms with E-state index in [0.717, 1.165) is 6.54 Å². The minimum absolute atomic E-state index is 0.435. The molecule has 19 heavy (non-hydrogen) atoms. The molecule has 2 rings (SSSR count). The molecule has 1 aromatic carbocycles. The van der Waals surface area contributed by atoms with E-state index in [2.05, 4.69) is 44.2 Å². The van der Waals surface area contributed by atoms with Crippen LogP contribution in [-0.2, 0) is 6.42 Å². The molecule has 0 aromatic heterocycles. The van der Waals surface area contributed by atoms with Crippen molar-refractivity contribution in [2.75, 3.05) is 6.54 Å². The fourth-order valence-corrected chi connectivity index (χ4v) is 3.33. The van der Waals surface area contributed by atoms with Crippen LogP contribution in [0.3, 0.4) is 0 Å². The molecule has 0 atom stereocenters. The molecule has 1 heteroatoms. The van der Waals surface area contributed by atoms with Gasteiger partial charge in [0, 0.05) is 0 Å². The lowest BCUT2D eigenvalue weighted by Gasteiger charge is -2.43. The third kappa shape index (κ3) is 4.07. The molecule has 106 valence electrons. The molecule has 0 amide bonds. The van der Waals surface area contributed by atoms with Crippen LogP contribution < -0.4 is 5.73 Å². The summed E-state index contributed by atoms with van der Waals surface area (Å²) < 4.78 is 0. The first-order valence-electron chi connectivity index (χ1n) is 7.79. The highest BCUT2D eigenvalue weighted by atomic mass is 14.6. The van der Waals surface area contributed by atoms with Gasteiger partial charge in [-0.2, -0.15) is 0 Å². The van der Waals surface area contributed by atoms with Crippen LogP contribution in [0.2, 0.25) is 0 Å². The van der Waals surface area contributed by atoms with Crippen LogP contribution in [0.5, 0.6) is 0 Å². The molecule has 0 bridgehead atoms. The lowest BCUT2D eigenvalue weighted by Crippen LogP contribution is -2.37. The van der Waals surface area contributed by atoms with Gasteiger partial charge in [0.15, 0.2) is 0 Å². The van der Waals surface area contributed by atoms with E-state index in [1.165, 1.54) is 50.5 Å². The van der Waals surface area contributed by atoms with Crippen molar-refractivity contribution >= 4 is 0 Å². The molecule has 1 aliphatic carbocycles. The standard InChI is InChI=1S/C18H29N/c1-17(2)11-13-18(15-19,14-12-17)10-6-9-16-7-4-3-5-8-16/h3-5,7-8H,6,9-15,19H2,1-2H3. The van der Waals surface area contributed by atoms with Crippen molar-refractivity contribution in [2.45, 2.75) is 58.8 Å². The van der Waals surface area contributed by atoms with Crippen molar-refractivity contribution in [3.05, 3.63) is 35.9 Å². The van der Waals surface area contributed by atoms with Crippen molar-refractivity contribution < 1.29 is 0 Å². The van der Waals surface area contributed by atoms with Crippen molar-refractivity contribution in [1.82, 2.24) is 0 Å². The second-order valence-corrected chi connectivity index (χ2v) is 7.21. The molecule has 2 N–H and O–H groups in total. The minimum atomic E-state index is 0.435. The average Bonchev–Trinajstić information content (AvgIpc) is 2.42. The summed E-state index contributed by atoms with van der Waals surface area (Å²) >= 11 is 0. The number of rotatable bonds is 5. The van der Waals surface area contributed by atoms with Crippen LogP contribution in [0.1, 0.15) is 57.9 Å². The Kier molecular flexibility index (Phi) is 4.67. The van der Waals surface area contributed by atoms with Crippen LogP contribution in [-0.4, -0.2) is 6.54 Å². The van der Waals surface area contributed by atoms with E-state index in [4.69, 9.17) is 5.73 Å². The van der Waals surface area contributed by atoms with Crippen molar-refractivity contribution in [3.8, 4) is 0 Å². The predicted octanol–water partition coefficient (Wildman–Crippen LogP) is 4.55. The first-order valence-corrected chi connectivity index (χ1v) is 7.79.